The number of halogens is 2. The molecule has 1 aromatic carbocycles. The molecule has 33 heavy (non-hydrogen) atoms. The first-order chi connectivity index (χ1) is 15.0. The molecule has 0 aliphatic heterocycles. The third-order valence-electron chi connectivity index (χ3n) is 3.90. The Morgan fingerprint density at radius 2 is 1.79 bits per heavy atom. The van der Waals surface area contributed by atoms with Crippen molar-refractivity contribution in [3.05, 3.63) is 41.1 Å². The Morgan fingerprint density at radius 1 is 1.15 bits per heavy atom. The Morgan fingerprint density at radius 3 is 2.30 bits per heavy atom. The van der Waals surface area contributed by atoms with E-state index in [9.17, 15) is 21.6 Å². The summed E-state index contributed by atoms with van der Waals surface area (Å²) in [7, 11) is -7.48. The predicted octanol–water partition coefficient (Wildman–Crippen LogP) is 3.26. The number of rotatable bonds is 7. The number of benzene rings is 1. The lowest BCUT2D eigenvalue weighted by atomic mass is 10.2. The first-order valence-electron chi connectivity index (χ1n) is 9.36. The van der Waals surface area contributed by atoms with Crippen LogP contribution in [0.15, 0.2) is 29.4 Å². The smallest absolute Gasteiger partial charge is 0.420 e. The number of ether oxygens (including phenoxy) is 1. The summed E-state index contributed by atoms with van der Waals surface area (Å²) in [5.41, 5.74) is -1.26. The Balaban J connectivity index is 2.66. The molecular formula is C19H23ClFN3O7S2. The summed E-state index contributed by atoms with van der Waals surface area (Å²) in [6.45, 7) is 4.44. The summed E-state index contributed by atoms with van der Waals surface area (Å²) >= 11 is 6.17. The maximum absolute atomic E-state index is 15.1. The summed E-state index contributed by atoms with van der Waals surface area (Å²) in [4.78, 5) is 21.4. The van der Waals surface area contributed by atoms with Gasteiger partial charge >= 0.3 is 6.09 Å². The van der Waals surface area contributed by atoms with E-state index in [1.165, 1.54) is 0 Å². The largest absolute Gasteiger partial charge is 0.443 e. The van der Waals surface area contributed by atoms with Crippen molar-refractivity contribution in [1.82, 2.24) is 9.97 Å². The molecule has 10 nitrogen and oxygen atoms in total. The summed E-state index contributed by atoms with van der Waals surface area (Å²) in [5, 5.41) is -0.126. The third kappa shape index (κ3) is 7.59. The van der Waals surface area contributed by atoms with Gasteiger partial charge in [-0.05, 0) is 39.0 Å². The van der Waals surface area contributed by atoms with Crippen molar-refractivity contribution in [2.75, 3.05) is 24.0 Å². The van der Waals surface area contributed by atoms with Gasteiger partial charge in [-0.15, -0.1) is 0 Å². The highest BCUT2D eigenvalue weighted by Gasteiger charge is 2.31. The highest BCUT2D eigenvalue weighted by atomic mass is 35.5. The van der Waals surface area contributed by atoms with Gasteiger partial charge in [0, 0.05) is 18.2 Å². The van der Waals surface area contributed by atoms with Crippen LogP contribution in [0.1, 0.15) is 26.3 Å². The molecule has 0 bridgehead atoms. The molecule has 14 heteroatoms. The summed E-state index contributed by atoms with van der Waals surface area (Å²) < 4.78 is 71.3. The van der Waals surface area contributed by atoms with Gasteiger partial charge in [0.1, 0.15) is 22.9 Å². The van der Waals surface area contributed by atoms with Crippen molar-refractivity contribution in [3.8, 4) is 0 Å². The van der Waals surface area contributed by atoms with E-state index in [0.29, 0.717) is 0 Å². The minimum Gasteiger partial charge on any atom is -0.443 e. The molecule has 1 aromatic heterocycles. The Hall–Kier alpha value is -2.35. The van der Waals surface area contributed by atoms with Crippen molar-refractivity contribution in [2.24, 2.45) is 0 Å². The fraction of sp³-hybridized carbons (Fsp3) is 0.421. The second-order valence-electron chi connectivity index (χ2n) is 7.94. The zero-order valence-electron chi connectivity index (χ0n) is 18.5. The van der Waals surface area contributed by atoms with Crippen LogP contribution < -0.4 is 4.90 Å². The third-order valence-corrected chi connectivity index (χ3v) is 5.93. The van der Waals surface area contributed by atoms with Gasteiger partial charge in [-0.3, -0.25) is 4.18 Å². The van der Waals surface area contributed by atoms with Gasteiger partial charge < -0.3 is 4.74 Å². The van der Waals surface area contributed by atoms with Crippen LogP contribution in [0.4, 0.5) is 20.7 Å². The van der Waals surface area contributed by atoms with Crippen LogP contribution in [0.3, 0.4) is 0 Å². The van der Waals surface area contributed by atoms with Gasteiger partial charge in [0.05, 0.1) is 23.4 Å². The molecule has 0 radical (unpaired) electrons. The van der Waals surface area contributed by atoms with Crippen molar-refractivity contribution >= 4 is 49.2 Å². The SMILES string of the molecule is CC(C)(C)OC(=O)N(c1ccc(S(C)(=O)=O)cc1F)c1ncnc(Cl)c1CCOS(C)(=O)=O. The van der Waals surface area contributed by atoms with E-state index in [1.54, 1.807) is 20.8 Å². The molecule has 0 fully saturated rings. The van der Waals surface area contributed by atoms with Crippen molar-refractivity contribution < 1.29 is 34.9 Å². The van der Waals surface area contributed by atoms with Gasteiger partial charge in [0.15, 0.2) is 15.7 Å². The van der Waals surface area contributed by atoms with Crippen molar-refractivity contribution in [1.29, 1.82) is 0 Å². The molecule has 0 saturated carbocycles. The highest BCUT2D eigenvalue weighted by molar-refractivity contribution is 7.90. The summed E-state index contributed by atoms with van der Waals surface area (Å²) in [5.74, 6) is -1.23. The van der Waals surface area contributed by atoms with Crippen LogP contribution in [0, 0.1) is 5.82 Å². The van der Waals surface area contributed by atoms with Crippen molar-refractivity contribution in [2.45, 2.75) is 37.7 Å². The van der Waals surface area contributed by atoms with Gasteiger partial charge in [0.25, 0.3) is 10.1 Å². The number of anilines is 2. The van der Waals surface area contributed by atoms with Crippen LogP contribution >= 0.6 is 11.6 Å². The van der Waals surface area contributed by atoms with E-state index in [2.05, 4.69) is 9.97 Å². The number of hydrogen-bond donors (Lipinski definition) is 0. The predicted molar refractivity (Wildman–Crippen MR) is 119 cm³/mol. The Labute approximate surface area is 196 Å². The topological polar surface area (TPSA) is 133 Å². The molecule has 0 aliphatic carbocycles. The quantitative estimate of drug-likeness (QED) is 0.396. The fourth-order valence-corrected chi connectivity index (χ4v) is 3.83. The van der Waals surface area contributed by atoms with Gasteiger partial charge in [-0.1, -0.05) is 11.6 Å². The van der Waals surface area contributed by atoms with E-state index in [4.69, 9.17) is 20.5 Å². The molecule has 1 heterocycles. The lowest BCUT2D eigenvalue weighted by Crippen LogP contribution is -2.35. The van der Waals surface area contributed by atoms with E-state index in [0.717, 1.165) is 41.9 Å². The molecule has 2 rings (SSSR count). The standard InChI is InChI=1S/C19H23ClFN3O7S2/c1-19(2,3)31-18(25)24(15-7-6-12(10-14(15)21)32(4,26)27)17-13(16(20)22-11-23-17)8-9-30-33(5,28)29/h6-7,10-11H,8-9H2,1-5H3. The summed E-state index contributed by atoms with van der Waals surface area (Å²) in [6, 6.07) is 2.97. The molecule has 2 aromatic rings. The second-order valence-corrected chi connectivity index (χ2v) is 12.0. The normalized spacial score (nSPS) is 12.5. The number of amides is 1. The van der Waals surface area contributed by atoms with Crippen LogP contribution in [0.25, 0.3) is 0 Å². The number of carbonyl (C=O) groups excluding carboxylic acids is 1. The molecular weight excluding hydrogens is 501 g/mol. The number of sulfone groups is 1. The van der Waals surface area contributed by atoms with Gasteiger partial charge in [0.2, 0.25) is 0 Å². The molecule has 0 saturated heterocycles. The number of hydrogen-bond acceptors (Lipinski definition) is 9. The Kier molecular flexibility index (Phi) is 8.05. The fourth-order valence-electron chi connectivity index (χ4n) is 2.59. The lowest BCUT2D eigenvalue weighted by molar-refractivity contribution is 0.0596. The van der Waals surface area contributed by atoms with Crippen LogP contribution in [0.2, 0.25) is 5.15 Å². The van der Waals surface area contributed by atoms with E-state index >= 15 is 4.39 Å². The van der Waals surface area contributed by atoms with Gasteiger partial charge in [-0.25, -0.2) is 32.5 Å². The number of carbonyl (C=O) groups is 1. The Bertz CT molecular complexity index is 1260. The maximum Gasteiger partial charge on any atom is 0.420 e. The van der Waals surface area contributed by atoms with Crippen molar-refractivity contribution in [3.63, 3.8) is 0 Å². The molecule has 0 spiro atoms. The molecule has 0 unspecified atom stereocenters. The second kappa shape index (κ2) is 9.87. The zero-order valence-corrected chi connectivity index (χ0v) is 20.9. The van der Waals surface area contributed by atoms with E-state index in [1.807, 2.05) is 0 Å². The van der Waals surface area contributed by atoms with E-state index in [-0.39, 0.29) is 40.1 Å². The first-order valence-corrected chi connectivity index (χ1v) is 13.4. The minimum absolute atomic E-state index is 0.0836. The van der Waals surface area contributed by atoms with Crippen LogP contribution in [-0.4, -0.2) is 57.6 Å². The lowest BCUT2D eigenvalue weighted by Gasteiger charge is -2.28. The van der Waals surface area contributed by atoms with Crippen LogP contribution in [0.5, 0.6) is 0 Å². The number of aromatic nitrogens is 2. The maximum atomic E-state index is 15.1. The molecule has 0 aliphatic rings. The zero-order chi connectivity index (χ0) is 25.2. The average molecular weight is 524 g/mol. The number of nitrogens with zero attached hydrogens (tertiary/aromatic N) is 3. The van der Waals surface area contributed by atoms with Crippen LogP contribution in [-0.2, 0) is 35.3 Å². The molecule has 182 valence electrons. The average Bonchev–Trinajstić information content (AvgIpc) is 2.62. The minimum atomic E-state index is -3.76. The highest BCUT2D eigenvalue weighted by Crippen LogP contribution is 2.34. The molecule has 1 amide bonds. The molecule has 0 atom stereocenters. The van der Waals surface area contributed by atoms with Gasteiger partial charge in [-0.2, -0.15) is 8.42 Å². The monoisotopic (exact) mass is 523 g/mol. The summed E-state index contributed by atoms with van der Waals surface area (Å²) in [6.07, 6.45) is 1.62. The van der Waals surface area contributed by atoms with E-state index < -0.39 is 37.5 Å². The molecule has 0 N–H and O–H groups in total. The first kappa shape index (κ1) is 26.9.